The van der Waals surface area contributed by atoms with Crippen LogP contribution in [0.3, 0.4) is 0 Å². The summed E-state index contributed by atoms with van der Waals surface area (Å²) in [5.41, 5.74) is 4.10. The maximum atomic E-state index is 12.2. The highest BCUT2D eigenvalue weighted by Crippen LogP contribution is 2.22. The summed E-state index contributed by atoms with van der Waals surface area (Å²) < 4.78 is 5.13. The van der Waals surface area contributed by atoms with Crippen LogP contribution in [0.4, 0.5) is 5.69 Å². The molecule has 0 unspecified atom stereocenters. The molecule has 1 amide bonds. The predicted molar refractivity (Wildman–Crippen MR) is 105 cm³/mol. The number of nitrogens with one attached hydrogen (secondary N) is 2. The number of carbonyl (C=O) groups excluding carboxylic acids is 2. The lowest BCUT2D eigenvalue weighted by molar-refractivity contribution is -0.119. The van der Waals surface area contributed by atoms with Crippen molar-refractivity contribution in [3.63, 3.8) is 0 Å². The second kappa shape index (κ2) is 7.66. The Hall–Kier alpha value is -2.73. The van der Waals surface area contributed by atoms with E-state index < -0.39 is 5.97 Å². The number of hydrogen-bond acceptors (Lipinski definition) is 4. The third-order valence-corrected chi connectivity index (χ3v) is 4.72. The van der Waals surface area contributed by atoms with Gasteiger partial charge < -0.3 is 15.0 Å². The minimum Gasteiger partial charge on any atom is -0.451 e. The van der Waals surface area contributed by atoms with Crippen LogP contribution < -0.4 is 5.32 Å². The van der Waals surface area contributed by atoms with E-state index in [2.05, 4.69) is 16.4 Å². The first kappa shape index (κ1) is 18.1. The Kier molecular flexibility index (Phi) is 5.32. The number of aromatic amines is 1. The highest BCUT2D eigenvalue weighted by molar-refractivity contribution is 7.98. The third-order valence-electron chi connectivity index (χ3n) is 4.00. The van der Waals surface area contributed by atoms with Gasteiger partial charge in [0.25, 0.3) is 5.91 Å². The molecule has 1 aromatic heterocycles. The molecule has 0 aliphatic rings. The molecule has 0 radical (unpaired) electrons. The van der Waals surface area contributed by atoms with Crippen LogP contribution in [0.2, 0.25) is 0 Å². The van der Waals surface area contributed by atoms with E-state index in [9.17, 15) is 9.59 Å². The van der Waals surface area contributed by atoms with Crippen molar-refractivity contribution in [1.82, 2.24) is 4.98 Å². The summed E-state index contributed by atoms with van der Waals surface area (Å²) in [5.74, 6) is -0.925. The molecule has 3 aromatic rings. The smallest absolute Gasteiger partial charge is 0.355 e. The van der Waals surface area contributed by atoms with Crippen LogP contribution in [-0.4, -0.2) is 29.7 Å². The zero-order chi connectivity index (χ0) is 18.7. The van der Waals surface area contributed by atoms with Crippen LogP contribution >= 0.6 is 11.8 Å². The Morgan fingerprint density at radius 3 is 2.73 bits per heavy atom. The molecule has 0 aliphatic carbocycles. The number of amides is 1. The molecule has 0 aliphatic heterocycles. The number of aryl methyl sites for hydroxylation is 2. The molecule has 0 saturated carbocycles. The summed E-state index contributed by atoms with van der Waals surface area (Å²) >= 11 is 1.59. The molecule has 6 heteroatoms. The molecule has 26 heavy (non-hydrogen) atoms. The fourth-order valence-electron chi connectivity index (χ4n) is 2.82. The van der Waals surface area contributed by atoms with Crippen LogP contribution in [0.1, 0.15) is 21.6 Å². The summed E-state index contributed by atoms with van der Waals surface area (Å²) in [5, 5.41) is 3.70. The predicted octanol–water partition coefficient (Wildman–Crippen LogP) is 4.30. The van der Waals surface area contributed by atoms with E-state index in [1.54, 1.807) is 23.9 Å². The molecule has 0 fully saturated rings. The maximum Gasteiger partial charge on any atom is 0.355 e. The average molecular weight is 368 g/mol. The average Bonchev–Trinajstić information content (AvgIpc) is 3.04. The van der Waals surface area contributed by atoms with Gasteiger partial charge >= 0.3 is 5.97 Å². The number of thioether (sulfide) groups is 1. The van der Waals surface area contributed by atoms with Crippen LogP contribution in [0.5, 0.6) is 0 Å². The Balaban J connectivity index is 1.63. The minimum absolute atomic E-state index is 0.338. The topological polar surface area (TPSA) is 71.2 Å². The van der Waals surface area contributed by atoms with Crippen molar-refractivity contribution < 1.29 is 14.3 Å². The van der Waals surface area contributed by atoms with Crippen LogP contribution in [0, 0.1) is 13.8 Å². The van der Waals surface area contributed by atoms with E-state index in [0.717, 1.165) is 26.9 Å². The van der Waals surface area contributed by atoms with Gasteiger partial charge in [0.1, 0.15) is 5.69 Å². The Morgan fingerprint density at radius 1 is 1.15 bits per heavy atom. The molecular weight excluding hydrogens is 348 g/mol. The highest BCUT2D eigenvalue weighted by Gasteiger charge is 2.14. The molecular formula is C20H20N2O3S. The number of benzene rings is 2. The van der Waals surface area contributed by atoms with Gasteiger partial charge in [-0.05, 0) is 61.6 Å². The van der Waals surface area contributed by atoms with Gasteiger partial charge in [0.15, 0.2) is 6.61 Å². The first-order valence-corrected chi connectivity index (χ1v) is 9.40. The van der Waals surface area contributed by atoms with Gasteiger partial charge in [0.05, 0.1) is 0 Å². The fraction of sp³-hybridized carbons (Fsp3) is 0.200. The summed E-state index contributed by atoms with van der Waals surface area (Å²) in [6, 6.07) is 13.3. The van der Waals surface area contributed by atoms with Gasteiger partial charge in [0.2, 0.25) is 0 Å². The van der Waals surface area contributed by atoms with Crippen LogP contribution in [0.15, 0.2) is 47.4 Å². The lowest BCUT2D eigenvalue weighted by atomic mass is 10.1. The summed E-state index contributed by atoms with van der Waals surface area (Å²) in [6.07, 6.45) is 1.96. The summed E-state index contributed by atoms with van der Waals surface area (Å²) in [6.45, 7) is 3.66. The first-order valence-electron chi connectivity index (χ1n) is 8.17. The Labute approximate surface area is 156 Å². The zero-order valence-corrected chi connectivity index (χ0v) is 15.7. The Morgan fingerprint density at radius 2 is 1.96 bits per heavy atom. The molecule has 3 rings (SSSR count). The van der Waals surface area contributed by atoms with Crippen LogP contribution in [-0.2, 0) is 9.53 Å². The number of aromatic nitrogens is 1. The zero-order valence-electron chi connectivity index (χ0n) is 14.9. The Bertz CT molecular complexity index is 978. The highest BCUT2D eigenvalue weighted by atomic mass is 32.2. The third kappa shape index (κ3) is 4.08. The first-order chi connectivity index (χ1) is 12.5. The van der Waals surface area contributed by atoms with Crippen molar-refractivity contribution in [2.24, 2.45) is 0 Å². The monoisotopic (exact) mass is 368 g/mol. The molecule has 5 nitrogen and oxygen atoms in total. The number of rotatable bonds is 5. The van der Waals surface area contributed by atoms with Gasteiger partial charge in [-0.1, -0.05) is 12.1 Å². The van der Waals surface area contributed by atoms with Crippen molar-refractivity contribution in [2.75, 3.05) is 18.2 Å². The molecule has 0 atom stereocenters. The van der Waals surface area contributed by atoms with E-state index in [1.807, 2.05) is 44.4 Å². The van der Waals surface area contributed by atoms with Crippen LogP contribution in [0.25, 0.3) is 10.9 Å². The van der Waals surface area contributed by atoms with Crippen molar-refractivity contribution >= 4 is 40.2 Å². The number of esters is 1. The van der Waals surface area contributed by atoms with E-state index in [1.165, 1.54) is 0 Å². The van der Waals surface area contributed by atoms with Crippen molar-refractivity contribution in [2.45, 2.75) is 18.7 Å². The van der Waals surface area contributed by atoms with Crippen molar-refractivity contribution in [3.8, 4) is 0 Å². The standard InChI is InChI=1S/C20H20N2O3S/c1-12-7-13(2)16-10-18(22-17(16)8-12)20(24)25-11-19(23)21-14-5-4-6-15(9-14)26-3/h4-10,22H,11H2,1-3H3,(H,21,23). The number of H-pyrrole nitrogens is 1. The normalized spacial score (nSPS) is 10.7. The van der Waals surface area contributed by atoms with E-state index in [0.29, 0.717) is 11.4 Å². The second-order valence-corrected chi connectivity index (χ2v) is 6.96. The lowest BCUT2D eigenvalue weighted by Crippen LogP contribution is -2.21. The molecule has 0 bridgehead atoms. The quantitative estimate of drug-likeness (QED) is 0.520. The molecule has 0 spiro atoms. The lowest BCUT2D eigenvalue weighted by Gasteiger charge is -2.07. The second-order valence-electron chi connectivity index (χ2n) is 6.08. The largest absolute Gasteiger partial charge is 0.451 e. The SMILES string of the molecule is CSc1cccc(NC(=O)COC(=O)c2cc3c(C)cc(C)cc3[nH]2)c1. The van der Waals surface area contributed by atoms with Gasteiger partial charge in [-0.2, -0.15) is 0 Å². The summed E-state index contributed by atoms with van der Waals surface area (Å²) in [4.78, 5) is 28.3. The van der Waals surface area contributed by atoms with Crippen molar-refractivity contribution in [3.05, 3.63) is 59.3 Å². The number of ether oxygens (including phenoxy) is 1. The number of fused-ring (bicyclic) bond motifs is 1. The fourth-order valence-corrected chi connectivity index (χ4v) is 3.28. The molecule has 0 saturated heterocycles. The minimum atomic E-state index is -0.550. The number of hydrogen-bond donors (Lipinski definition) is 2. The van der Waals surface area contributed by atoms with Gasteiger partial charge in [-0.15, -0.1) is 11.8 Å². The van der Waals surface area contributed by atoms with Gasteiger partial charge in [-0.25, -0.2) is 4.79 Å². The maximum absolute atomic E-state index is 12.2. The number of carbonyl (C=O) groups is 2. The molecule has 2 N–H and O–H groups in total. The van der Waals surface area contributed by atoms with Gasteiger partial charge in [0, 0.05) is 21.5 Å². The molecule has 1 heterocycles. The van der Waals surface area contributed by atoms with Gasteiger partial charge in [-0.3, -0.25) is 4.79 Å². The molecule has 2 aromatic carbocycles. The van der Waals surface area contributed by atoms with E-state index in [-0.39, 0.29) is 12.5 Å². The summed E-state index contributed by atoms with van der Waals surface area (Å²) in [7, 11) is 0. The molecule has 134 valence electrons. The van der Waals surface area contributed by atoms with E-state index >= 15 is 0 Å². The van der Waals surface area contributed by atoms with E-state index in [4.69, 9.17) is 4.74 Å². The van der Waals surface area contributed by atoms with Crippen molar-refractivity contribution in [1.29, 1.82) is 0 Å². The number of anilines is 1.